The van der Waals surface area contributed by atoms with Crippen LogP contribution >= 0.6 is 0 Å². The van der Waals surface area contributed by atoms with Crippen molar-refractivity contribution in [2.24, 2.45) is 0 Å². The molecule has 0 bridgehead atoms. The molecule has 6 heteroatoms. The molecular weight excluding hydrogens is 207 g/mol. The van der Waals surface area contributed by atoms with Gasteiger partial charge in [-0.15, -0.1) is 0 Å². The van der Waals surface area contributed by atoms with Crippen LogP contribution in [0.4, 0.5) is 5.82 Å². The molecule has 0 spiro atoms. The van der Waals surface area contributed by atoms with Gasteiger partial charge in [0, 0.05) is 20.1 Å². The Morgan fingerprint density at radius 3 is 3.00 bits per heavy atom. The van der Waals surface area contributed by atoms with Crippen molar-refractivity contribution in [2.75, 3.05) is 18.6 Å². The molecular formula is C10H13BN2O3. The first-order valence-corrected chi connectivity index (χ1v) is 5.20. The van der Waals surface area contributed by atoms with E-state index in [2.05, 4.69) is 4.98 Å². The quantitative estimate of drug-likeness (QED) is 0.700. The minimum absolute atomic E-state index is 0.0801. The number of carbonyl (C=O) groups is 1. The predicted molar refractivity (Wildman–Crippen MR) is 60.4 cm³/mol. The van der Waals surface area contributed by atoms with Crippen LogP contribution in [0.1, 0.15) is 12.8 Å². The summed E-state index contributed by atoms with van der Waals surface area (Å²) in [5.41, 5.74) is 0.416. The molecule has 5 nitrogen and oxygen atoms in total. The number of hydrogen-bond acceptors (Lipinski definition) is 4. The average Bonchev–Trinajstić information content (AvgIpc) is 2.74. The van der Waals surface area contributed by atoms with E-state index in [0.717, 1.165) is 6.42 Å². The lowest BCUT2D eigenvalue weighted by Gasteiger charge is -2.15. The van der Waals surface area contributed by atoms with Crippen LogP contribution < -0.4 is 10.5 Å². The van der Waals surface area contributed by atoms with Crippen LogP contribution in [0.2, 0.25) is 0 Å². The van der Waals surface area contributed by atoms with Gasteiger partial charge in [-0.25, -0.2) is 4.98 Å². The summed E-state index contributed by atoms with van der Waals surface area (Å²) in [5, 5.41) is 9.47. The van der Waals surface area contributed by atoms with Crippen molar-refractivity contribution in [3.8, 4) is 0 Å². The smallest absolute Gasteiger partial charge is 0.422 e. The van der Waals surface area contributed by atoms with Crippen molar-refractivity contribution in [3.63, 3.8) is 0 Å². The van der Waals surface area contributed by atoms with Crippen molar-refractivity contribution >= 4 is 24.4 Å². The summed E-state index contributed by atoms with van der Waals surface area (Å²) in [7, 11) is 0.359. The Bertz CT molecular complexity index is 399. The zero-order valence-corrected chi connectivity index (χ0v) is 9.09. The zero-order valence-electron chi connectivity index (χ0n) is 9.09. The van der Waals surface area contributed by atoms with Crippen LogP contribution in [-0.2, 0) is 9.45 Å². The topological polar surface area (TPSA) is 62.7 Å². The monoisotopic (exact) mass is 220 g/mol. The third kappa shape index (κ3) is 2.07. The predicted octanol–water partition coefficient (Wildman–Crippen LogP) is -0.458. The minimum Gasteiger partial charge on any atom is -0.422 e. The van der Waals surface area contributed by atoms with Crippen molar-refractivity contribution in [2.45, 2.75) is 12.8 Å². The third-order valence-electron chi connectivity index (χ3n) is 2.58. The van der Waals surface area contributed by atoms with E-state index in [1.54, 1.807) is 23.1 Å². The number of hydrogen-bond donors (Lipinski definition) is 1. The lowest BCUT2D eigenvalue weighted by Crippen LogP contribution is -2.36. The molecule has 1 aromatic rings. The average molecular weight is 220 g/mol. The van der Waals surface area contributed by atoms with Crippen molar-refractivity contribution in [1.82, 2.24) is 4.98 Å². The fourth-order valence-electron chi connectivity index (χ4n) is 1.74. The molecule has 1 N–H and O–H groups in total. The molecule has 0 unspecified atom stereocenters. The van der Waals surface area contributed by atoms with Gasteiger partial charge in [0.2, 0.25) is 5.91 Å². The molecule has 2 rings (SSSR count). The van der Waals surface area contributed by atoms with Crippen LogP contribution in [0.5, 0.6) is 0 Å². The van der Waals surface area contributed by atoms with Crippen LogP contribution in [0.15, 0.2) is 18.2 Å². The van der Waals surface area contributed by atoms with E-state index in [9.17, 15) is 9.82 Å². The van der Waals surface area contributed by atoms with E-state index in [0.29, 0.717) is 24.4 Å². The minimum atomic E-state index is -1.04. The summed E-state index contributed by atoms with van der Waals surface area (Å²) in [4.78, 5) is 17.4. The van der Waals surface area contributed by atoms with E-state index in [-0.39, 0.29) is 5.91 Å². The molecule has 16 heavy (non-hydrogen) atoms. The summed E-state index contributed by atoms with van der Waals surface area (Å²) in [5.74, 6) is 0.660. The molecule has 1 amide bonds. The number of rotatable bonds is 3. The molecule has 0 saturated carbocycles. The molecule has 1 saturated heterocycles. The zero-order chi connectivity index (χ0) is 11.5. The summed E-state index contributed by atoms with van der Waals surface area (Å²) in [6, 6.07) is 5.18. The van der Waals surface area contributed by atoms with Crippen molar-refractivity contribution in [1.29, 1.82) is 0 Å². The van der Waals surface area contributed by atoms with Crippen LogP contribution in [-0.4, -0.2) is 36.7 Å². The highest BCUT2D eigenvalue weighted by Gasteiger charge is 2.24. The standard InChI is InChI=1S/C10H13BN2O3/c1-16-11(15)8-4-2-5-9(12-8)13-7-3-6-10(13)14/h2,4-5,15H,3,6-7H2,1H3. The summed E-state index contributed by atoms with van der Waals surface area (Å²) in [6.45, 7) is 0.693. The molecule has 1 fully saturated rings. The molecule has 0 radical (unpaired) electrons. The number of pyridine rings is 1. The fourth-order valence-corrected chi connectivity index (χ4v) is 1.74. The normalized spacial score (nSPS) is 15.6. The lowest BCUT2D eigenvalue weighted by molar-refractivity contribution is -0.117. The van der Waals surface area contributed by atoms with Crippen LogP contribution in [0.25, 0.3) is 0 Å². The summed E-state index contributed by atoms with van der Waals surface area (Å²) >= 11 is 0. The van der Waals surface area contributed by atoms with Crippen LogP contribution in [0.3, 0.4) is 0 Å². The van der Waals surface area contributed by atoms with Gasteiger partial charge in [0.25, 0.3) is 0 Å². The number of amides is 1. The van der Waals surface area contributed by atoms with Gasteiger partial charge in [-0.05, 0) is 18.6 Å². The molecule has 0 atom stereocenters. The van der Waals surface area contributed by atoms with Gasteiger partial charge >= 0.3 is 7.12 Å². The molecule has 0 aliphatic carbocycles. The van der Waals surface area contributed by atoms with E-state index in [4.69, 9.17) is 4.65 Å². The van der Waals surface area contributed by atoms with Gasteiger partial charge in [-0.2, -0.15) is 0 Å². The van der Waals surface area contributed by atoms with E-state index >= 15 is 0 Å². The number of carbonyl (C=O) groups excluding carboxylic acids is 1. The first-order chi connectivity index (χ1) is 7.72. The number of anilines is 1. The maximum atomic E-state index is 11.5. The second-order valence-electron chi connectivity index (χ2n) is 3.66. The Kier molecular flexibility index (Phi) is 3.21. The van der Waals surface area contributed by atoms with Gasteiger partial charge in [0.15, 0.2) is 0 Å². The second-order valence-corrected chi connectivity index (χ2v) is 3.66. The lowest BCUT2D eigenvalue weighted by atomic mass is 9.85. The highest BCUT2D eigenvalue weighted by molar-refractivity contribution is 6.58. The Morgan fingerprint density at radius 2 is 2.38 bits per heavy atom. The molecule has 1 aliphatic rings. The SMILES string of the molecule is COB(O)c1cccc(N2CCCC2=O)n1. The summed E-state index contributed by atoms with van der Waals surface area (Å²) < 4.78 is 4.77. The largest absolute Gasteiger partial charge is 0.510 e. The highest BCUT2D eigenvalue weighted by atomic mass is 16.5. The van der Waals surface area contributed by atoms with Crippen molar-refractivity contribution < 1.29 is 14.5 Å². The van der Waals surface area contributed by atoms with E-state index in [1.165, 1.54) is 7.11 Å². The molecule has 0 aromatic carbocycles. The molecule has 1 aliphatic heterocycles. The maximum absolute atomic E-state index is 11.5. The Morgan fingerprint density at radius 1 is 1.56 bits per heavy atom. The van der Waals surface area contributed by atoms with Gasteiger partial charge in [0.1, 0.15) is 5.82 Å². The third-order valence-corrected chi connectivity index (χ3v) is 2.58. The number of nitrogens with zero attached hydrogens (tertiary/aromatic N) is 2. The second kappa shape index (κ2) is 4.63. The van der Waals surface area contributed by atoms with Crippen molar-refractivity contribution in [3.05, 3.63) is 18.2 Å². The fraction of sp³-hybridized carbons (Fsp3) is 0.400. The first kappa shape index (κ1) is 11.1. The first-order valence-electron chi connectivity index (χ1n) is 5.20. The molecule has 2 heterocycles. The maximum Gasteiger partial charge on any atom is 0.510 e. The van der Waals surface area contributed by atoms with E-state index in [1.807, 2.05) is 0 Å². The van der Waals surface area contributed by atoms with Gasteiger partial charge in [-0.1, -0.05) is 6.07 Å². The summed E-state index contributed by atoms with van der Waals surface area (Å²) in [6.07, 6.45) is 1.43. The molecule has 84 valence electrons. The van der Waals surface area contributed by atoms with Gasteiger partial charge < -0.3 is 9.68 Å². The Labute approximate surface area is 94.2 Å². The van der Waals surface area contributed by atoms with Gasteiger partial charge in [-0.3, -0.25) is 9.69 Å². The highest BCUT2D eigenvalue weighted by Crippen LogP contribution is 2.17. The Balaban J connectivity index is 2.25. The van der Waals surface area contributed by atoms with Gasteiger partial charge in [0.05, 0.1) is 5.59 Å². The van der Waals surface area contributed by atoms with E-state index < -0.39 is 7.12 Å². The number of aromatic nitrogens is 1. The Hall–Kier alpha value is -1.40. The van der Waals surface area contributed by atoms with Crippen LogP contribution in [0, 0.1) is 0 Å². The molecule has 1 aromatic heterocycles.